The molecule has 0 aliphatic carbocycles. The normalized spacial score (nSPS) is 16.1. The zero-order valence-electron chi connectivity index (χ0n) is 13.0. The number of ether oxygens (including phenoxy) is 1. The summed E-state index contributed by atoms with van der Waals surface area (Å²) in [6.07, 6.45) is 4.99. The fraction of sp³-hybridized carbons (Fsp3) is 0.375. The molecule has 0 saturated carbocycles. The molecule has 3 aromatic rings. The molecule has 0 spiro atoms. The minimum absolute atomic E-state index is 0.0286. The third-order valence-electron chi connectivity index (χ3n) is 4.16. The Labute approximate surface area is 138 Å². The van der Waals surface area contributed by atoms with E-state index in [0.29, 0.717) is 19.0 Å². The smallest absolute Gasteiger partial charge is 0.297 e. The van der Waals surface area contributed by atoms with Gasteiger partial charge in [0.15, 0.2) is 0 Å². The quantitative estimate of drug-likeness (QED) is 0.676. The monoisotopic (exact) mass is 329 g/mol. The number of hydrogen-bond acceptors (Lipinski definition) is 5. The van der Waals surface area contributed by atoms with Crippen molar-refractivity contribution in [3.63, 3.8) is 0 Å². The molecule has 3 aromatic heterocycles. The van der Waals surface area contributed by atoms with E-state index in [1.807, 2.05) is 6.07 Å². The summed E-state index contributed by atoms with van der Waals surface area (Å²) in [7, 11) is 0. The molecule has 0 amide bonds. The molecule has 4 heterocycles. The Bertz CT molecular complexity index is 889. The van der Waals surface area contributed by atoms with Crippen molar-refractivity contribution in [1.82, 2.24) is 24.5 Å². The lowest BCUT2D eigenvalue weighted by atomic mass is 9.99. The first-order chi connectivity index (χ1) is 11.0. The second kappa shape index (κ2) is 5.16. The molecular weight excluding hydrogens is 314 g/mol. The molecule has 4 rings (SSSR count). The van der Waals surface area contributed by atoms with E-state index in [-0.39, 0.29) is 10.8 Å². The second-order valence-electron chi connectivity index (χ2n) is 6.30. The molecule has 6 nitrogen and oxygen atoms in total. The Balaban J connectivity index is 1.78. The molecule has 0 unspecified atom stereocenters. The number of rotatable bonds is 2. The Morgan fingerprint density at radius 3 is 2.96 bits per heavy atom. The van der Waals surface area contributed by atoms with Gasteiger partial charge in [-0.2, -0.15) is 4.98 Å². The molecule has 1 aliphatic rings. The maximum atomic E-state index is 5.85. The van der Waals surface area contributed by atoms with E-state index in [1.165, 1.54) is 0 Å². The Kier molecular flexibility index (Phi) is 3.23. The highest BCUT2D eigenvalue weighted by Crippen LogP contribution is 2.35. The maximum Gasteiger partial charge on any atom is 0.297 e. The van der Waals surface area contributed by atoms with Crippen molar-refractivity contribution in [3.05, 3.63) is 41.2 Å². The number of pyridine rings is 1. The highest BCUT2D eigenvalue weighted by atomic mass is 35.5. The number of fused-ring (bicyclic) bond motifs is 3. The van der Waals surface area contributed by atoms with E-state index in [9.17, 15) is 0 Å². The molecule has 0 N–H and O–H groups in total. The fourth-order valence-corrected chi connectivity index (χ4v) is 3.10. The van der Waals surface area contributed by atoms with Gasteiger partial charge in [0.1, 0.15) is 5.52 Å². The van der Waals surface area contributed by atoms with E-state index in [4.69, 9.17) is 16.3 Å². The minimum atomic E-state index is -0.0286. The highest BCUT2D eigenvalue weighted by Gasteiger charge is 2.31. The van der Waals surface area contributed by atoms with E-state index in [0.717, 1.165) is 28.8 Å². The van der Waals surface area contributed by atoms with Crippen LogP contribution in [0.4, 0.5) is 0 Å². The van der Waals surface area contributed by atoms with Crippen LogP contribution in [0.2, 0.25) is 5.28 Å². The summed E-state index contributed by atoms with van der Waals surface area (Å²) >= 11 is 5.85. The average Bonchev–Trinajstić information content (AvgIpc) is 2.86. The summed E-state index contributed by atoms with van der Waals surface area (Å²) in [4.78, 5) is 17.2. The van der Waals surface area contributed by atoms with Gasteiger partial charge in [-0.3, -0.25) is 9.55 Å². The third kappa shape index (κ3) is 2.53. The zero-order valence-corrected chi connectivity index (χ0v) is 13.7. The van der Waals surface area contributed by atoms with Gasteiger partial charge in [-0.1, -0.05) is 0 Å². The van der Waals surface area contributed by atoms with Gasteiger partial charge in [0.05, 0.1) is 24.0 Å². The standard InChI is InChI=1S/C16H16ClN5O/c1-16(2)4-6-23-15-21-12-9-19-11(8-13(12)22(15)16)7-10-3-5-18-14(17)20-10/h3,5,8-9H,4,6-7H2,1-2H3. The summed E-state index contributed by atoms with van der Waals surface area (Å²) in [5, 5.41) is 0.250. The van der Waals surface area contributed by atoms with Crippen LogP contribution in [0.25, 0.3) is 11.0 Å². The predicted molar refractivity (Wildman–Crippen MR) is 86.8 cm³/mol. The van der Waals surface area contributed by atoms with Crippen molar-refractivity contribution < 1.29 is 4.74 Å². The van der Waals surface area contributed by atoms with Gasteiger partial charge in [0.2, 0.25) is 5.28 Å². The number of nitrogens with zero attached hydrogens (tertiary/aromatic N) is 5. The second-order valence-corrected chi connectivity index (χ2v) is 6.64. The molecule has 0 aromatic carbocycles. The summed E-state index contributed by atoms with van der Waals surface area (Å²) in [6.45, 7) is 5.09. The van der Waals surface area contributed by atoms with Crippen molar-refractivity contribution in [2.24, 2.45) is 0 Å². The minimum Gasteiger partial charge on any atom is -0.465 e. The molecule has 0 fully saturated rings. The van der Waals surface area contributed by atoms with Crippen LogP contribution in [0.1, 0.15) is 31.7 Å². The predicted octanol–water partition coefficient (Wildman–Crippen LogP) is 2.98. The first-order valence-corrected chi connectivity index (χ1v) is 7.89. The molecule has 1 aliphatic heterocycles. The van der Waals surface area contributed by atoms with Crippen molar-refractivity contribution in [2.75, 3.05) is 6.61 Å². The van der Waals surface area contributed by atoms with Crippen LogP contribution in [-0.4, -0.2) is 31.1 Å². The number of aromatic nitrogens is 5. The van der Waals surface area contributed by atoms with Crippen LogP contribution >= 0.6 is 11.6 Å². The SMILES string of the molecule is CC1(C)CCOc2nc3cnc(Cc4ccnc(Cl)n4)cc3n21. The maximum absolute atomic E-state index is 5.85. The molecule has 7 heteroatoms. The molecular formula is C16H16ClN5O. The molecule has 23 heavy (non-hydrogen) atoms. The topological polar surface area (TPSA) is 65.7 Å². The Morgan fingerprint density at radius 1 is 1.26 bits per heavy atom. The Morgan fingerprint density at radius 2 is 2.13 bits per heavy atom. The van der Waals surface area contributed by atoms with Gasteiger partial charge < -0.3 is 4.74 Å². The van der Waals surface area contributed by atoms with Crippen LogP contribution in [-0.2, 0) is 12.0 Å². The molecule has 0 bridgehead atoms. The van der Waals surface area contributed by atoms with Crippen LogP contribution in [0.3, 0.4) is 0 Å². The van der Waals surface area contributed by atoms with Gasteiger partial charge >= 0.3 is 0 Å². The zero-order chi connectivity index (χ0) is 16.0. The van der Waals surface area contributed by atoms with Crippen LogP contribution < -0.4 is 4.74 Å². The van der Waals surface area contributed by atoms with Crippen molar-refractivity contribution in [2.45, 2.75) is 32.2 Å². The highest BCUT2D eigenvalue weighted by molar-refractivity contribution is 6.28. The van der Waals surface area contributed by atoms with Gasteiger partial charge in [-0.25, -0.2) is 9.97 Å². The summed E-state index contributed by atoms with van der Waals surface area (Å²) < 4.78 is 7.86. The van der Waals surface area contributed by atoms with Crippen molar-refractivity contribution >= 4 is 22.6 Å². The summed E-state index contributed by atoms with van der Waals surface area (Å²) in [5.41, 5.74) is 3.61. The largest absolute Gasteiger partial charge is 0.465 e. The first-order valence-electron chi connectivity index (χ1n) is 7.51. The van der Waals surface area contributed by atoms with E-state index < -0.39 is 0 Å². The van der Waals surface area contributed by atoms with E-state index in [2.05, 4.69) is 44.4 Å². The van der Waals surface area contributed by atoms with Gasteiger partial charge in [-0.05, 0) is 37.6 Å². The molecule has 0 atom stereocenters. The van der Waals surface area contributed by atoms with Gasteiger partial charge in [0.25, 0.3) is 6.01 Å². The Hall–Kier alpha value is -2.21. The molecule has 118 valence electrons. The van der Waals surface area contributed by atoms with E-state index in [1.54, 1.807) is 12.4 Å². The van der Waals surface area contributed by atoms with Crippen LogP contribution in [0, 0.1) is 0 Å². The molecule has 0 radical (unpaired) electrons. The average molecular weight is 330 g/mol. The number of imidazole rings is 1. The van der Waals surface area contributed by atoms with Crippen molar-refractivity contribution in [1.29, 1.82) is 0 Å². The van der Waals surface area contributed by atoms with Crippen LogP contribution in [0.15, 0.2) is 24.5 Å². The lowest BCUT2D eigenvalue weighted by Gasteiger charge is -2.32. The summed E-state index contributed by atoms with van der Waals surface area (Å²) in [6, 6.07) is 4.56. The number of hydrogen-bond donors (Lipinski definition) is 0. The molecule has 0 saturated heterocycles. The van der Waals surface area contributed by atoms with Crippen molar-refractivity contribution in [3.8, 4) is 6.01 Å². The third-order valence-corrected chi connectivity index (χ3v) is 4.35. The fourth-order valence-electron chi connectivity index (χ4n) is 2.94. The summed E-state index contributed by atoms with van der Waals surface area (Å²) in [5.74, 6) is 0. The lowest BCUT2D eigenvalue weighted by molar-refractivity contribution is 0.152. The van der Waals surface area contributed by atoms with E-state index >= 15 is 0 Å². The number of halogens is 1. The lowest BCUT2D eigenvalue weighted by Crippen LogP contribution is -2.33. The van der Waals surface area contributed by atoms with Gasteiger partial charge in [-0.15, -0.1) is 0 Å². The van der Waals surface area contributed by atoms with Gasteiger partial charge in [0, 0.05) is 30.3 Å². The first kappa shape index (κ1) is 14.4. The van der Waals surface area contributed by atoms with Crippen LogP contribution in [0.5, 0.6) is 6.01 Å².